The SMILES string of the molecule is CCC(=O)C(NC(C)=O)C1CCCCC1. The van der Waals surface area contributed by atoms with Crippen LogP contribution in [-0.4, -0.2) is 17.7 Å². The van der Waals surface area contributed by atoms with Crippen molar-refractivity contribution in [3.63, 3.8) is 0 Å². The van der Waals surface area contributed by atoms with E-state index in [9.17, 15) is 9.59 Å². The molecule has 1 amide bonds. The van der Waals surface area contributed by atoms with Crippen molar-refractivity contribution in [1.82, 2.24) is 5.32 Å². The van der Waals surface area contributed by atoms with Crippen LogP contribution < -0.4 is 5.32 Å². The topological polar surface area (TPSA) is 46.2 Å². The summed E-state index contributed by atoms with van der Waals surface area (Å²) in [6.07, 6.45) is 6.33. The number of carbonyl (C=O) groups is 2. The summed E-state index contributed by atoms with van der Waals surface area (Å²) in [5.41, 5.74) is 0. The van der Waals surface area contributed by atoms with Crippen molar-refractivity contribution in [2.24, 2.45) is 5.92 Å². The molecule has 15 heavy (non-hydrogen) atoms. The molecule has 1 unspecified atom stereocenters. The Labute approximate surface area is 91.6 Å². The summed E-state index contributed by atoms with van der Waals surface area (Å²) in [4.78, 5) is 22.8. The van der Waals surface area contributed by atoms with E-state index < -0.39 is 0 Å². The van der Waals surface area contributed by atoms with Crippen molar-refractivity contribution in [3.05, 3.63) is 0 Å². The molecule has 0 aromatic heterocycles. The van der Waals surface area contributed by atoms with Gasteiger partial charge in [0.1, 0.15) is 0 Å². The van der Waals surface area contributed by atoms with E-state index in [2.05, 4.69) is 5.32 Å². The summed E-state index contributed by atoms with van der Waals surface area (Å²) in [6.45, 7) is 3.35. The maximum atomic E-state index is 11.7. The van der Waals surface area contributed by atoms with E-state index in [1.54, 1.807) is 0 Å². The lowest BCUT2D eigenvalue weighted by molar-refractivity contribution is -0.128. The highest BCUT2D eigenvalue weighted by atomic mass is 16.2. The molecule has 1 N–H and O–H groups in total. The number of hydrogen-bond donors (Lipinski definition) is 1. The Morgan fingerprint density at radius 3 is 2.33 bits per heavy atom. The monoisotopic (exact) mass is 211 g/mol. The first-order valence-corrected chi connectivity index (χ1v) is 5.95. The van der Waals surface area contributed by atoms with E-state index >= 15 is 0 Å². The number of amides is 1. The Bertz CT molecular complexity index is 232. The first-order chi connectivity index (χ1) is 7.15. The molecule has 0 aromatic carbocycles. The molecule has 1 atom stereocenters. The summed E-state index contributed by atoms with van der Waals surface area (Å²) < 4.78 is 0. The number of carbonyl (C=O) groups excluding carboxylic acids is 2. The van der Waals surface area contributed by atoms with Gasteiger partial charge in [0, 0.05) is 13.3 Å². The number of ketones is 1. The molecule has 0 bridgehead atoms. The molecular formula is C12H21NO2. The Morgan fingerprint density at radius 2 is 1.87 bits per heavy atom. The molecule has 0 aliphatic heterocycles. The zero-order valence-electron chi connectivity index (χ0n) is 9.71. The van der Waals surface area contributed by atoms with Crippen LogP contribution in [0.2, 0.25) is 0 Å². The Hall–Kier alpha value is -0.860. The summed E-state index contributed by atoms with van der Waals surface area (Å²) in [7, 11) is 0. The molecule has 0 spiro atoms. The molecule has 0 heterocycles. The predicted molar refractivity (Wildman–Crippen MR) is 59.5 cm³/mol. The maximum Gasteiger partial charge on any atom is 0.217 e. The van der Waals surface area contributed by atoms with E-state index in [0.717, 1.165) is 12.8 Å². The van der Waals surface area contributed by atoms with E-state index in [1.165, 1.54) is 26.2 Å². The quantitative estimate of drug-likeness (QED) is 0.773. The van der Waals surface area contributed by atoms with Gasteiger partial charge >= 0.3 is 0 Å². The van der Waals surface area contributed by atoms with Crippen molar-refractivity contribution in [3.8, 4) is 0 Å². The third-order valence-corrected chi connectivity index (χ3v) is 3.18. The van der Waals surface area contributed by atoms with E-state index in [4.69, 9.17) is 0 Å². The summed E-state index contributed by atoms with van der Waals surface area (Å²) in [5.74, 6) is 0.458. The van der Waals surface area contributed by atoms with Crippen LogP contribution in [0.5, 0.6) is 0 Å². The first-order valence-electron chi connectivity index (χ1n) is 5.95. The van der Waals surface area contributed by atoms with E-state index in [1.807, 2.05) is 6.92 Å². The van der Waals surface area contributed by atoms with Crippen LogP contribution in [0.4, 0.5) is 0 Å². The predicted octanol–water partition coefficient (Wildman–Crippen LogP) is 2.05. The van der Waals surface area contributed by atoms with Crippen LogP contribution in [0.15, 0.2) is 0 Å². The smallest absolute Gasteiger partial charge is 0.217 e. The molecule has 0 saturated heterocycles. The van der Waals surface area contributed by atoms with Crippen molar-refractivity contribution in [2.45, 2.75) is 58.4 Å². The number of hydrogen-bond acceptors (Lipinski definition) is 2. The molecular weight excluding hydrogens is 190 g/mol. The second-order valence-electron chi connectivity index (χ2n) is 4.40. The standard InChI is InChI=1S/C12H21NO2/c1-3-11(15)12(13-9(2)14)10-7-5-4-6-8-10/h10,12H,3-8H2,1-2H3,(H,13,14). The van der Waals surface area contributed by atoms with Gasteiger partial charge in [-0.25, -0.2) is 0 Å². The number of rotatable bonds is 4. The number of Topliss-reactive ketones (excluding diaryl/α,β-unsaturated/α-hetero) is 1. The number of nitrogens with one attached hydrogen (secondary N) is 1. The van der Waals surface area contributed by atoms with Crippen molar-refractivity contribution >= 4 is 11.7 Å². The molecule has 3 nitrogen and oxygen atoms in total. The third kappa shape index (κ3) is 3.65. The average Bonchev–Trinajstić information content (AvgIpc) is 2.26. The summed E-state index contributed by atoms with van der Waals surface area (Å²) >= 11 is 0. The second kappa shape index (κ2) is 5.89. The molecule has 0 radical (unpaired) electrons. The van der Waals surface area contributed by atoms with Gasteiger partial charge in [-0.05, 0) is 18.8 Å². The highest BCUT2D eigenvalue weighted by molar-refractivity contribution is 5.88. The van der Waals surface area contributed by atoms with Crippen LogP contribution in [0, 0.1) is 5.92 Å². The zero-order valence-corrected chi connectivity index (χ0v) is 9.71. The van der Waals surface area contributed by atoms with Gasteiger partial charge in [0.25, 0.3) is 0 Å². The van der Waals surface area contributed by atoms with Gasteiger partial charge in [-0.3, -0.25) is 9.59 Å². The van der Waals surface area contributed by atoms with Crippen molar-refractivity contribution in [1.29, 1.82) is 0 Å². The Balaban J connectivity index is 2.60. The van der Waals surface area contributed by atoms with Crippen LogP contribution in [0.1, 0.15) is 52.4 Å². The van der Waals surface area contributed by atoms with E-state index in [0.29, 0.717) is 12.3 Å². The highest BCUT2D eigenvalue weighted by Crippen LogP contribution is 2.27. The lowest BCUT2D eigenvalue weighted by atomic mass is 9.82. The van der Waals surface area contributed by atoms with Crippen LogP contribution in [0.3, 0.4) is 0 Å². The van der Waals surface area contributed by atoms with E-state index in [-0.39, 0.29) is 17.7 Å². The minimum Gasteiger partial charge on any atom is -0.346 e. The molecule has 86 valence electrons. The zero-order chi connectivity index (χ0) is 11.3. The second-order valence-corrected chi connectivity index (χ2v) is 4.40. The Morgan fingerprint density at radius 1 is 1.27 bits per heavy atom. The fourth-order valence-electron chi connectivity index (χ4n) is 2.37. The minimum atomic E-state index is -0.229. The average molecular weight is 211 g/mol. The lowest BCUT2D eigenvalue weighted by Crippen LogP contribution is -2.45. The molecule has 1 aliphatic rings. The molecule has 0 aromatic rings. The maximum absolute atomic E-state index is 11.7. The third-order valence-electron chi connectivity index (χ3n) is 3.18. The molecule has 1 rings (SSSR count). The lowest BCUT2D eigenvalue weighted by Gasteiger charge is -2.29. The molecule has 1 saturated carbocycles. The highest BCUT2D eigenvalue weighted by Gasteiger charge is 2.28. The fourth-order valence-corrected chi connectivity index (χ4v) is 2.37. The van der Waals surface area contributed by atoms with Gasteiger partial charge in [-0.1, -0.05) is 26.2 Å². The molecule has 1 aliphatic carbocycles. The summed E-state index contributed by atoms with van der Waals surface area (Å²) in [5, 5.41) is 2.81. The first kappa shape index (κ1) is 12.2. The normalized spacial score (nSPS) is 19.6. The largest absolute Gasteiger partial charge is 0.346 e. The van der Waals surface area contributed by atoms with Gasteiger partial charge in [0.15, 0.2) is 5.78 Å². The van der Waals surface area contributed by atoms with Gasteiger partial charge in [0.05, 0.1) is 6.04 Å². The van der Waals surface area contributed by atoms with Crippen LogP contribution >= 0.6 is 0 Å². The van der Waals surface area contributed by atoms with Crippen LogP contribution in [0.25, 0.3) is 0 Å². The van der Waals surface area contributed by atoms with Gasteiger partial charge in [-0.2, -0.15) is 0 Å². The molecule has 1 fully saturated rings. The summed E-state index contributed by atoms with van der Waals surface area (Å²) in [6, 6.07) is -0.229. The van der Waals surface area contributed by atoms with Crippen LogP contribution in [-0.2, 0) is 9.59 Å². The van der Waals surface area contributed by atoms with Crippen molar-refractivity contribution < 1.29 is 9.59 Å². The van der Waals surface area contributed by atoms with Gasteiger partial charge in [-0.15, -0.1) is 0 Å². The van der Waals surface area contributed by atoms with Crippen molar-refractivity contribution in [2.75, 3.05) is 0 Å². The van der Waals surface area contributed by atoms with Gasteiger partial charge < -0.3 is 5.32 Å². The molecule has 3 heteroatoms. The Kier molecular flexibility index (Phi) is 4.79. The minimum absolute atomic E-state index is 0.0904. The fraction of sp³-hybridized carbons (Fsp3) is 0.833. The van der Waals surface area contributed by atoms with Gasteiger partial charge in [0.2, 0.25) is 5.91 Å².